The van der Waals surface area contributed by atoms with Gasteiger partial charge in [-0.1, -0.05) is 60.3 Å². The van der Waals surface area contributed by atoms with Gasteiger partial charge in [0.1, 0.15) is 10.9 Å². The van der Waals surface area contributed by atoms with Crippen molar-refractivity contribution < 1.29 is 9.72 Å². The van der Waals surface area contributed by atoms with E-state index in [4.69, 9.17) is 0 Å². The second kappa shape index (κ2) is 8.64. The lowest BCUT2D eigenvalue weighted by atomic mass is 10.1. The molecule has 6 nitrogen and oxygen atoms in total. The Morgan fingerprint density at radius 3 is 2.57 bits per heavy atom. The highest BCUT2D eigenvalue weighted by Gasteiger charge is 2.26. The van der Waals surface area contributed by atoms with E-state index in [0.29, 0.717) is 0 Å². The third kappa shape index (κ3) is 4.34. The van der Waals surface area contributed by atoms with E-state index >= 15 is 0 Å². The van der Waals surface area contributed by atoms with Gasteiger partial charge in [0.25, 0.3) is 5.69 Å². The number of amides is 1. The Hall–Kier alpha value is -3.23. The minimum atomic E-state index is -0.604. The van der Waals surface area contributed by atoms with Crippen LogP contribution in [0.1, 0.15) is 16.4 Å². The molecule has 0 bridgehead atoms. The van der Waals surface area contributed by atoms with Gasteiger partial charge in [-0.25, -0.2) is 4.98 Å². The predicted octanol–water partition coefficient (Wildman–Crippen LogP) is 5.99. The number of carbonyl (C=O) groups is 1. The molecule has 1 atom stereocenters. The summed E-state index contributed by atoms with van der Waals surface area (Å²) in [5.41, 5.74) is 2.49. The molecule has 30 heavy (non-hydrogen) atoms. The summed E-state index contributed by atoms with van der Waals surface area (Å²) in [7, 11) is 0. The van der Waals surface area contributed by atoms with E-state index in [1.165, 1.54) is 29.2 Å². The molecule has 1 N–H and O–H groups in total. The zero-order valence-electron chi connectivity index (χ0n) is 15.9. The van der Waals surface area contributed by atoms with Crippen LogP contribution in [-0.2, 0) is 4.79 Å². The summed E-state index contributed by atoms with van der Waals surface area (Å²) in [5, 5.41) is 13.6. The number of hydrogen-bond acceptors (Lipinski definition) is 6. The Balaban J connectivity index is 1.66. The number of carbonyl (C=O) groups excluding carboxylic acids is 1. The quantitative estimate of drug-likeness (QED) is 0.229. The Bertz CT molecular complexity index is 1190. The fraction of sp³-hybridized carbons (Fsp3) is 0.0909. The highest BCUT2D eigenvalue weighted by molar-refractivity contribution is 8.02. The van der Waals surface area contributed by atoms with Crippen molar-refractivity contribution in [3.63, 3.8) is 0 Å². The molecule has 0 radical (unpaired) electrons. The molecule has 4 aromatic rings. The van der Waals surface area contributed by atoms with Gasteiger partial charge in [-0.15, -0.1) is 11.3 Å². The van der Waals surface area contributed by atoms with Crippen LogP contribution in [0.4, 0.5) is 11.4 Å². The zero-order valence-corrected chi connectivity index (χ0v) is 17.6. The molecular weight excluding hydrogens is 418 g/mol. The van der Waals surface area contributed by atoms with Gasteiger partial charge < -0.3 is 5.32 Å². The number of benzene rings is 3. The molecule has 0 saturated heterocycles. The van der Waals surface area contributed by atoms with Crippen molar-refractivity contribution >= 4 is 50.6 Å². The maximum absolute atomic E-state index is 13.2. The summed E-state index contributed by atoms with van der Waals surface area (Å²) in [4.78, 5) is 28.8. The van der Waals surface area contributed by atoms with Gasteiger partial charge in [0.2, 0.25) is 5.91 Å². The molecule has 0 aliphatic carbocycles. The van der Waals surface area contributed by atoms with Crippen LogP contribution in [0.3, 0.4) is 0 Å². The lowest BCUT2D eigenvalue weighted by Crippen LogP contribution is -2.19. The number of aromatic nitrogens is 1. The molecular formula is C22H17N3O3S2. The largest absolute Gasteiger partial charge is 0.319 e. The van der Waals surface area contributed by atoms with E-state index in [9.17, 15) is 14.9 Å². The van der Waals surface area contributed by atoms with E-state index in [0.717, 1.165) is 25.7 Å². The molecule has 0 spiro atoms. The first kappa shape index (κ1) is 20.1. The Morgan fingerprint density at radius 2 is 1.83 bits per heavy atom. The lowest BCUT2D eigenvalue weighted by Gasteiger charge is -2.16. The minimum absolute atomic E-state index is 0.125. The van der Waals surface area contributed by atoms with Gasteiger partial charge in [-0.3, -0.25) is 14.9 Å². The highest BCUT2D eigenvalue weighted by atomic mass is 32.2. The summed E-state index contributed by atoms with van der Waals surface area (Å²) in [6, 6.07) is 21.9. The average Bonchev–Trinajstić information content (AvgIpc) is 3.16. The Morgan fingerprint density at radius 1 is 1.10 bits per heavy atom. The van der Waals surface area contributed by atoms with E-state index in [1.54, 1.807) is 19.1 Å². The summed E-state index contributed by atoms with van der Waals surface area (Å²) in [6.45, 7) is 1.77. The molecule has 150 valence electrons. The molecule has 1 heterocycles. The van der Waals surface area contributed by atoms with E-state index in [2.05, 4.69) is 10.3 Å². The maximum atomic E-state index is 13.2. The lowest BCUT2D eigenvalue weighted by molar-refractivity contribution is -0.384. The summed E-state index contributed by atoms with van der Waals surface area (Å²) in [5.74, 6) is -0.336. The van der Waals surface area contributed by atoms with Gasteiger partial charge in [0.15, 0.2) is 4.34 Å². The van der Waals surface area contributed by atoms with E-state index in [-0.39, 0.29) is 17.3 Å². The monoisotopic (exact) mass is 435 g/mol. The topological polar surface area (TPSA) is 85.1 Å². The number of para-hydroxylation sites is 1. The normalized spacial score (nSPS) is 11.9. The van der Waals surface area contributed by atoms with Gasteiger partial charge >= 0.3 is 0 Å². The third-order valence-electron chi connectivity index (χ3n) is 4.44. The number of fused-ring (bicyclic) bond motifs is 1. The van der Waals surface area contributed by atoms with Crippen molar-refractivity contribution in [2.24, 2.45) is 0 Å². The van der Waals surface area contributed by atoms with Crippen LogP contribution < -0.4 is 5.32 Å². The van der Waals surface area contributed by atoms with Crippen LogP contribution in [-0.4, -0.2) is 15.8 Å². The van der Waals surface area contributed by atoms with E-state index < -0.39 is 10.2 Å². The van der Waals surface area contributed by atoms with Gasteiger partial charge in [0, 0.05) is 6.07 Å². The molecule has 0 fully saturated rings. The summed E-state index contributed by atoms with van der Waals surface area (Å²) in [6.07, 6.45) is 0. The van der Waals surface area contributed by atoms with Crippen molar-refractivity contribution in [2.75, 3.05) is 5.32 Å². The number of anilines is 1. The molecule has 0 aliphatic rings. The Kier molecular flexibility index (Phi) is 5.78. The maximum Gasteiger partial charge on any atom is 0.293 e. The molecule has 0 unspecified atom stereocenters. The molecule has 1 aromatic heterocycles. The SMILES string of the molecule is Cc1ccc(NC(=O)[C@@H](Sc2nc3ccccc3s2)c2ccccc2)c([N+](=O)[O-])c1. The van der Waals surface area contributed by atoms with E-state index in [1.807, 2.05) is 54.6 Å². The second-order valence-electron chi connectivity index (χ2n) is 6.62. The number of nitrogens with zero attached hydrogens (tertiary/aromatic N) is 2. The number of aryl methyl sites for hydroxylation is 1. The second-order valence-corrected chi connectivity index (χ2v) is 9.01. The van der Waals surface area contributed by atoms with Crippen LogP contribution in [0.25, 0.3) is 10.2 Å². The fourth-order valence-electron chi connectivity index (χ4n) is 3.00. The van der Waals surface area contributed by atoms with Crippen LogP contribution in [0.15, 0.2) is 77.1 Å². The van der Waals surface area contributed by atoms with Crippen molar-refractivity contribution in [3.05, 3.63) is 94.0 Å². The number of hydrogen-bond donors (Lipinski definition) is 1. The smallest absolute Gasteiger partial charge is 0.293 e. The molecule has 0 aliphatic heterocycles. The molecule has 3 aromatic carbocycles. The molecule has 1 amide bonds. The van der Waals surface area contributed by atoms with Crippen LogP contribution >= 0.6 is 23.1 Å². The van der Waals surface area contributed by atoms with Crippen molar-refractivity contribution in [2.45, 2.75) is 16.5 Å². The third-order valence-corrected chi connectivity index (χ3v) is 6.83. The number of thiazole rings is 1. The minimum Gasteiger partial charge on any atom is -0.319 e. The number of nitro groups is 1. The van der Waals surface area contributed by atoms with Crippen LogP contribution in [0.2, 0.25) is 0 Å². The number of nitrogens with one attached hydrogen (secondary N) is 1. The Labute approximate surface area is 181 Å². The van der Waals surface area contributed by atoms with Crippen molar-refractivity contribution in [1.29, 1.82) is 0 Å². The summed E-state index contributed by atoms with van der Waals surface area (Å²) < 4.78 is 1.81. The number of nitro benzene ring substituents is 1. The molecule has 0 saturated carbocycles. The van der Waals surface area contributed by atoms with Crippen LogP contribution in [0.5, 0.6) is 0 Å². The van der Waals surface area contributed by atoms with Crippen molar-refractivity contribution in [1.82, 2.24) is 4.98 Å². The van der Waals surface area contributed by atoms with Gasteiger partial charge in [0.05, 0.1) is 15.1 Å². The predicted molar refractivity (Wildman–Crippen MR) is 121 cm³/mol. The number of rotatable bonds is 6. The fourth-order valence-corrected chi connectivity index (χ4v) is 5.26. The van der Waals surface area contributed by atoms with Crippen LogP contribution in [0, 0.1) is 17.0 Å². The number of thioether (sulfide) groups is 1. The first-order valence-corrected chi connectivity index (χ1v) is 10.8. The summed E-state index contributed by atoms with van der Waals surface area (Å²) >= 11 is 2.86. The first-order chi connectivity index (χ1) is 14.5. The standard InChI is InChI=1S/C22H17N3O3S2/c1-14-11-12-16(18(13-14)25(27)28)23-21(26)20(15-7-3-2-4-8-15)30-22-24-17-9-5-6-10-19(17)29-22/h2-13,20H,1H3,(H,23,26)/t20-/m0/s1. The van der Waals surface area contributed by atoms with Gasteiger partial charge in [-0.05, 0) is 36.2 Å². The molecule has 4 rings (SSSR count). The van der Waals surface area contributed by atoms with Gasteiger partial charge in [-0.2, -0.15) is 0 Å². The first-order valence-electron chi connectivity index (χ1n) is 9.14. The van der Waals surface area contributed by atoms with Crippen molar-refractivity contribution in [3.8, 4) is 0 Å². The zero-order chi connectivity index (χ0) is 21.1. The highest BCUT2D eigenvalue weighted by Crippen LogP contribution is 2.40. The average molecular weight is 436 g/mol. The molecule has 8 heteroatoms.